The van der Waals surface area contributed by atoms with Crippen molar-refractivity contribution in [1.82, 2.24) is 0 Å². The SMILES string of the molecule is C=C(C)C(=O)CCBr. The van der Waals surface area contributed by atoms with E-state index in [1.165, 1.54) is 0 Å². The molecule has 0 saturated carbocycles. The van der Waals surface area contributed by atoms with Gasteiger partial charge in [-0.1, -0.05) is 22.5 Å². The average molecular weight is 177 g/mol. The predicted octanol–water partition coefficient (Wildman–Crippen LogP) is 1.92. The molecule has 0 heterocycles. The Morgan fingerprint density at radius 1 is 1.75 bits per heavy atom. The maximum absolute atomic E-state index is 10.6. The quantitative estimate of drug-likeness (QED) is 0.475. The van der Waals surface area contributed by atoms with Gasteiger partial charge in [-0.3, -0.25) is 4.79 Å². The van der Waals surface area contributed by atoms with Crippen molar-refractivity contribution in [2.45, 2.75) is 13.3 Å². The molecule has 1 nitrogen and oxygen atoms in total. The summed E-state index contributed by atoms with van der Waals surface area (Å²) in [5, 5.41) is 0.735. The van der Waals surface area contributed by atoms with Gasteiger partial charge in [-0.25, -0.2) is 0 Å². The minimum atomic E-state index is 0.141. The highest BCUT2D eigenvalue weighted by molar-refractivity contribution is 9.09. The van der Waals surface area contributed by atoms with Crippen LogP contribution in [-0.2, 0) is 4.79 Å². The number of carbonyl (C=O) groups is 1. The molecule has 0 aromatic rings. The van der Waals surface area contributed by atoms with Gasteiger partial charge in [0.15, 0.2) is 5.78 Å². The molecule has 0 aromatic carbocycles. The van der Waals surface area contributed by atoms with Gasteiger partial charge in [0, 0.05) is 11.8 Å². The number of rotatable bonds is 3. The summed E-state index contributed by atoms with van der Waals surface area (Å²) < 4.78 is 0. The van der Waals surface area contributed by atoms with Crippen molar-refractivity contribution in [2.24, 2.45) is 0 Å². The topological polar surface area (TPSA) is 17.1 Å². The second-order valence-electron chi connectivity index (χ2n) is 1.64. The number of hydrogen-bond donors (Lipinski definition) is 0. The third-order valence-electron chi connectivity index (χ3n) is 0.798. The van der Waals surface area contributed by atoms with E-state index in [0.29, 0.717) is 12.0 Å². The summed E-state index contributed by atoms with van der Waals surface area (Å²) in [6, 6.07) is 0. The van der Waals surface area contributed by atoms with Gasteiger partial charge in [-0.05, 0) is 12.5 Å². The van der Waals surface area contributed by atoms with Crippen molar-refractivity contribution in [3.63, 3.8) is 0 Å². The smallest absolute Gasteiger partial charge is 0.158 e. The Hall–Kier alpha value is -0.110. The summed E-state index contributed by atoms with van der Waals surface area (Å²) in [7, 11) is 0. The summed E-state index contributed by atoms with van der Waals surface area (Å²) in [5.74, 6) is 0.141. The molecule has 8 heavy (non-hydrogen) atoms. The molecule has 0 unspecified atom stereocenters. The van der Waals surface area contributed by atoms with Crippen LogP contribution in [0.5, 0.6) is 0 Å². The van der Waals surface area contributed by atoms with Crippen LogP contribution < -0.4 is 0 Å². The van der Waals surface area contributed by atoms with E-state index in [2.05, 4.69) is 22.5 Å². The molecule has 0 aromatic heterocycles. The zero-order chi connectivity index (χ0) is 6.57. The Balaban J connectivity index is 3.49. The summed E-state index contributed by atoms with van der Waals surface area (Å²) >= 11 is 3.16. The lowest BCUT2D eigenvalue weighted by molar-refractivity contribution is -0.115. The molecule has 0 amide bonds. The van der Waals surface area contributed by atoms with Crippen LogP contribution >= 0.6 is 15.9 Å². The van der Waals surface area contributed by atoms with Crippen molar-refractivity contribution >= 4 is 21.7 Å². The summed E-state index contributed by atoms with van der Waals surface area (Å²) in [5.41, 5.74) is 0.643. The zero-order valence-electron chi connectivity index (χ0n) is 4.91. The Kier molecular flexibility index (Phi) is 3.79. The summed E-state index contributed by atoms with van der Waals surface area (Å²) in [6.45, 7) is 5.23. The molecule has 2 heteroatoms. The molecule has 0 aliphatic carbocycles. The average Bonchev–Trinajstić information content (AvgIpc) is 1.67. The lowest BCUT2D eigenvalue weighted by Crippen LogP contribution is -1.97. The van der Waals surface area contributed by atoms with Gasteiger partial charge in [0.2, 0.25) is 0 Å². The van der Waals surface area contributed by atoms with Crippen LogP contribution in [0.3, 0.4) is 0 Å². The summed E-state index contributed by atoms with van der Waals surface area (Å²) in [6.07, 6.45) is 0.565. The molecule has 0 N–H and O–H groups in total. The van der Waals surface area contributed by atoms with E-state index in [-0.39, 0.29) is 5.78 Å². The normalized spacial score (nSPS) is 8.75. The van der Waals surface area contributed by atoms with Gasteiger partial charge < -0.3 is 0 Å². The van der Waals surface area contributed by atoms with Crippen LogP contribution in [0.25, 0.3) is 0 Å². The second-order valence-corrected chi connectivity index (χ2v) is 2.44. The van der Waals surface area contributed by atoms with Gasteiger partial charge >= 0.3 is 0 Å². The van der Waals surface area contributed by atoms with Crippen molar-refractivity contribution in [1.29, 1.82) is 0 Å². The Morgan fingerprint density at radius 2 is 2.25 bits per heavy atom. The number of carbonyl (C=O) groups excluding carboxylic acids is 1. The molecule has 0 atom stereocenters. The largest absolute Gasteiger partial charge is 0.295 e. The standard InChI is InChI=1S/C6H9BrO/c1-5(2)6(8)3-4-7/h1,3-4H2,2H3. The minimum absolute atomic E-state index is 0.141. The van der Waals surface area contributed by atoms with Crippen LogP contribution in [-0.4, -0.2) is 11.1 Å². The summed E-state index contributed by atoms with van der Waals surface area (Å²) in [4.78, 5) is 10.6. The fourth-order valence-electron chi connectivity index (χ4n) is 0.299. The second kappa shape index (κ2) is 3.84. The van der Waals surface area contributed by atoms with E-state index < -0.39 is 0 Å². The number of ketones is 1. The van der Waals surface area contributed by atoms with Crippen LogP contribution in [0.2, 0.25) is 0 Å². The van der Waals surface area contributed by atoms with Crippen LogP contribution in [0, 0.1) is 0 Å². The van der Waals surface area contributed by atoms with Gasteiger partial charge in [0.1, 0.15) is 0 Å². The number of Topliss-reactive ketones (excluding diaryl/α,β-unsaturated/α-hetero) is 1. The highest BCUT2D eigenvalue weighted by Gasteiger charge is 1.97. The van der Waals surface area contributed by atoms with Crippen LogP contribution in [0.4, 0.5) is 0 Å². The Labute approximate surface area is 57.9 Å². The molecule has 0 aliphatic rings. The molecule has 46 valence electrons. The van der Waals surface area contributed by atoms with Gasteiger partial charge in [-0.15, -0.1) is 0 Å². The lowest BCUT2D eigenvalue weighted by Gasteiger charge is -1.91. The predicted molar refractivity (Wildman–Crippen MR) is 38.2 cm³/mol. The number of halogens is 1. The number of hydrogen-bond acceptors (Lipinski definition) is 1. The van der Waals surface area contributed by atoms with Crippen molar-refractivity contribution in [3.05, 3.63) is 12.2 Å². The van der Waals surface area contributed by atoms with E-state index in [4.69, 9.17) is 0 Å². The van der Waals surface area contributed by atoms with Crippen LogP contribution in [0.1, 0.15) is 13.3 Å². The molecule has 0 radical (unpaired) electrons. The Morgan fingerprint density at radius 3 is 2.38 bits per heavy atom. The molecule has 0 saturated heterocycles. The first-order valence-electron chi connectivity index (χ1n) is 2.43. The van der Waals surface area contributed by atoms with E-state index >= 15 is 0 Å². The Bertz CT molecular complexity index is 107. The maximum Gasteiger partial charge on any atom is 0.158 e. The van der Waals surface area contributed by atoms with Gasteiger partial charge in [0.25, 0.3) is 0 Å². The molecule has 0 spiro atoms. The number of alkyl halides is 1. The molecule has 0 bridgehead atoms. The molecule has 0 rings (SSSR count). The van der Waals surface area contributed by atoms with E-state index in [0.717, 1.165) is 5.33 Å². The van der Waals surface area contributed by atoms with E-state index in [1.54, 1.807) is 6.92 Å². The fourth-order valence-corrected chi connectivity index (χ4v) is 0.659. The first-order chi connectivity index (χ1) is 3.68. The first kappa shape index (κ1) is 7.89. The minimum Gasteiger partial charge on any atom is -0.295 e. The highest BCUT2D eigenvalue weighted by atomic mass is 79.9. The fraction of sp³-hybridized carbons (Fsp3) is 0.500. The first-order valence-corrected chi connectivity index (χ1v) is 3.55. The molecular weight excluding hydrogens is 168 g/mol. The van der Waals surface area contributed by atoms with Gasteiger partial charge in [-0.2, -0.15) is 0 Å². The third kappa shape index (κ3) is 2.97. The highest BCUT2D eigenvalue weighted by Crippen LogP contribution is 1.96. The molecular formula is C6H9BrO. The monoisotopic (exact) mass is 176 g/mol. The maximum atomic E-state index is 10.6. The van der Waals surface area contributed by atoms with Crippen molar-refractivity contribution in [3.8, 4) is 0 Å². The van der Waals surface area contributed by atoms with E-state index in [9.17, 15) is 4.79 Å². The van der Waals surface area contributed by atoms with Gasteiger partial charge in [0.05, 0.1) is 0 Å². The van der Waals surface area contributed by atoms with Crippen molar-refractivity contribution < 1.29 is 4.79 Å². The van der Waals surface area contributed by atoms with Crippen LogP contribution in [0.15, 0.2) is 12.2 Å². The third-order valence-corrected chi connectivity index (χ3v) is 1.19. The molecule has 0 fully saturated rings. The zero-order valence-corrected chi connectivity index (χ0v) is 6.49. The molecule has 0 aliphatic heterocycles. The van der Waals surface area contributed by atoms with E-state index in [1.807, 2.05) is 0 Å². The number of allylic oxidation sites excluding steroid dienone is 1. The lowest BCUT2D eigenvalue weighted by atomic mass is 10.2. The van der Waals surface area contributed by atoms with Crippen molar-refractivity contribution in [2.75, 3.05) is 5.33 Å².